The molecule has 2 aromatic rings. The van der Waals surface area contributed by atoms with Gasteiger partial charge in [0.15, 0.2) is 0 Å². The van der Waals surface area contributed by atoms with Gasteiger partial charge >= 0.3 is 5.91 Å². The number of oxazole rings is 1. The van der Waals surface area contributed by atoms with Gasteiger partial charge in [-0.2, -0.15) is 0 Å². The second-order valence-corrected chi connectivity index (χ2v) is 8.74. The van der Waals surface area contributed by atoms with Crippen LogP contribution in [-0.4, -0.2) is 40.3 Å². The van der Waals surface area contributed by atoms with Gasteiger partial charge in [-0.3, -0.25) is 9.69 Å². The van der Waals surface area contributed by atoms with E-state index < -0.39 is 0 Å². The summed E-state index contributed by atoms with van der Waals surface area (Å²) in [5.74, 6) is 2.24. The number of fused-ring (bicyclic) bond motifs is 1. The maximum atomic E-state index is 12.8. The molecule has 0 saturated carbocycles. The van der Waals surface area contributed by atoms with Gasteiger partial charge in [-0.25, -0.2) is 4.98 Å². The molecule has 4 rings (SSSR count). The predicted molar refractivity (Wildman–Crippen MR) is 109 cm³/mol. The highest BCUT2D eigenvalue weighted by Gasteiger charge is 2.29. The molecular formula is C23H31N3O2. The van der Waals surface area contributed by atoms with Crippen molar-refractivity contribution in [2.45, 2.75) is 59.0 Å². The van der Waals surface area contributed by atoms with Gasteiger partial charge in [0.2, 0.25) is 0 Å². The normalized spacial score (nSPS) is 20.4. The van der Waals surface area contributed by atoms with Gasteiger partial charge in [0, 0.05) is 39.1 Å². The van der Waals surface area contributed by atoms with Crippen LogP contribution in [-0.2, 0) is 19.5 Å². The summed E-state index contributed by atoms with van der Waals surface area (Å²) < 4.78 is 5.87. The first-order chi connectivity index (χ1) is 13.5. The zero-order valence-corrected chi connectivity index (χ0v) is 17.3. The number of rotatable bonds is 4. The summed E-state index contributed by atoms with van der Waals surface area (Å²) in [6.45, 7) is 10.8. The Morgan fingerprint density at radius 2 is 2.04 bits per heavy atom. The van der Waals surface area contributed by atoms with Crippen molar-refractivity contribution in [2.75, 3.05) is 19.6 Å². The van der Waals surface area contributed by atoms with Crippen LogP contribution >= 0.6 is 0 Å². The van der Waals surface area contributed by atoms with E-state index in [4.69, 9.17) is 4.42 Å². The number of aromatic nitrogens is 1. The lowest BCUT2D eigenvalue weighted by atomic mass is 10.0. The Morgan fingerprint density at radius 1 is 1.25 bits per heavy atom. The van der Waals surface area contributed by atoms with Crippen molar-refractivity contribution in [3.8, 4) is 0 Å². The molecule has 0 aliphatic carbocycles. The monoisotopic (exact) mass is 381 g/mol. The maximum absolute atomic E-state index is 12.8. The molecule has 1 atom stereocenters. The topological polar surface area (TPSA) is 49.6 Å². The number of nitrogens with zero attached hydrogens (tertiary/aromatic N) is 3. The average Bonchev–Trinajstić information content (AvgIpc) is 3.11. The van der Waals surface area contributed by atoms with Crippen LogP contribution in [0.4, 0.5) is 0 Å². The minimum absolute atomic E-state index is 0.0447. The molecule has 0 spiro atoms. The Labute approximate surface area is 167 Å². The van der Waals surface area contributed by atoms with E-state index in [-0.39, 0.29) is 11.8 Å². The highest BCUT2D eigenvalue weighted by molar-refractivity contribution is 5.89. The number of piperidine rings is 1. The van der Waals surface area contributed by atoms with Crippen LogP contribution in [0.15, 0.2) is 28.7 Å². The smallest absolute Gasteiger partial charge is 0.309 e. The Hall–Kier alpha value is -2.14. The molecule has 150 valence electrons. The third-order valence-corrected chi connectivity index (χ3v) is 5.99. The number of amides is 1. The summed E-state index contributed by atoms with van der Waals surface area (Å²) in [6, 6.07) is 8.89. The van der Waals surface area contributed by atoms with E-state index in [1.165, 1.54) is 17.5 Å². The first kappa shape index (κ1) is 19.2. The van der Waals surface area contributed by atoms with Gasteiger partial charge < -0.3 is 9.32 Å². The Morgan fingerprint density at radius 3 is 2.75 bits per heavy atom. The van der Waals surface area contributed by atoms with Crippen LogP contribution in [0, 0.1) is 5.92 Å². The lowest BCUT2D eigenvalue weighted by molar-refractivity contribution is 0.0640. The molecule has 1 aromatic carbocycles. The molecule has 5 heteroatoms. The van der Waals surface area contributed by atoms with Crippen LogP contribution in [0.2, 0.25) is 0 Å². The molecule has 0 radical (unpaired) electrons. The van der Waals surface area contributed by atoms with E-state index in [0.29, 0.717) is 11.8 Å². The van der Waals surface area contributed by atoms with Crippen molar-refractivity contribution < 1.29 is 9.21 Å². The van der Waals surface area contributed by atoms with Crippen molar-refractivity contribution in [1.29, 1.82) is 0 Å². The van der Waals surface area contributed by atoms with Crippen molar-refractivity contribution in [3.05, 3.63) is 52.7 Å². The molecular weight excluding hydrogens is 350 g/mol. The summed E-state index contributed by atoms with van der Waals surface area (Å²) in [7, 11) is 0. The second-order valence-electron chi connectivity index (χ2n) is 8.74. The first-order valence-electron chi connectivity index (χ1n) is 10.6. The van der Waals surface area contributed by atoms with Crippen molar-refractivity contribution in [2.24, 2.45) is 5.92 Å². The number of hydrogen-bond donors (Lipinski definition) is 0. The quantitative estimate of drug-likeness (QED) is 0.795. The number of carbonyl (C=O) groups is 1. The van der Waals surface area contributed by atoms with Crippen LogP contribution in [0.3, 0.4) is 0 Å². The SMILES string of the molecule is CC(C)c1ccc(CN2CCc3oc(C(=O)N4CCC[C@@H](C)C4)nc3C2)cc1. The lowest BCUT2D eigenvalue weighted by Crippen LogP contribution is -2.39. The van der Waals surface area contributed by atoms with Gasteiger partial charge in [0.05, 0.1) is 5.69 Å². The first-order valence-corrected chi connectivity index (χ1v) is 10.6. The molecule has 3 heterocycles. The summed E-state index contributed by atoms with van der Waals surface area (Å²) in [5, 5.41) is 0. The Bertz CT molecular complexity index is 825. The van der Waals surface area contributed by atoms with E-state index in [1.807, 2.05) is 4.90 Å². The minimum Gasteiger partial charge on any atom is -0.437 e. The van der Waals surface area contributed by atoms with Gasteiger partial charge in [-0.05, 0) is 35.8 Å². The molecule has 0 unspecified atom stereocenters. The molecule has 28 heavy (non-hydrogen) atoms. The molecule has 1 fully saturated rings. The fourth-order valence-electron chi connectivity index (χ4n) is 4.25. The van der Waals surface area contributed by atoms with E-state index in [2.05, 4.69) is 54.9 Å². The standard InChI is InChI=1S/C23H31N3O2/c1-16(2)19-8-6-18(7-9-19)14-25-12-10-21-20(15-25)24-22(28-21)23(27)26-11-4-5-17(3)13-26/h6-9,16-17H,4-5,10-15H2,1-3H3/t17-/m1/s1. The lowest BCUT2D eigenvalue weighted by Gasteiger charge is -2.29. The molecule has 0 bridgehead atoms. The van der Waals surface area contributed by atoms with Gasteiger partial charge in [-0.15, -0.1) is 0 Å². The third kappa shape index (κ3) is 4.14. The number of hydrogen-bond acceptors (Lipinski definition) is 4. The van der Waals surface area contributed by atoms with Gasteiger partial charge in [-0.1, -0.05) is 45.0 Å². The molecule has 2 aliphatic heterocycles. The molecule has 1 amide bonds. The zero-order chi connectivity index (χ0) is 19.7. The predicted octanol–water partition coefficient (Wildman–Crippen LogP) is 4.23. The van der Waals surface area contributed by atoms with Crippen molar-refractivity contribution in [3.63, 3.8) is 0 Å². The van der Waals surface area contributed by atoms with Crippen LogP contribution < -0.4 is 0 Å². The zero-order valence-electron chi connectivity index (χ0n) is 17.3. The highest BCUT2D eigenvalue weighted by atomic mass is 16.4. The van der Waals surface area contributed by atoms with Gasteiger partial charge in [0.25, 0.3) is 5.89 Å². The molecule has 1 saturated heterocycles. The van der Waals surface area contributed by atoms with E-state index in [0.717, 1.165) is 57.0 Å². The van der Waals surface area contributed by atoms with Crippen LogP contribution in [0.1, 0.15) is 72.8 Å². The van der Waals surface area contributed by atoms with Crippen molar-refractivity contribution in [1.82, 2.24) is 14.8 Å². The number of benzene rings is 1. The van der Waals surface area contributed by atoms with E-state index in [1.54, 1.807) is 0 Å². The summed E-state index contributed by atoms with van der Waals surface area (Å²) in [4.78, 5) is 21.6. The molecule has 0 N–H and O–H groups in total. The van der Waals surface area contributed by atoms with Gasteiger partial charge in [0.1, 0.15) is 5.76 Å². The maximum Gasteiger partial charge on any atom is 0.309 e. The second kappa shape index (κ2) is 8.08. The minimum atomic E-state index is -0.0447. The number of likely N-dealkylation sites (tertiary alicyclic amines) is 1. The summed E-state index contributed by atoms with van der Waals surface area (Å²) in [6.07, 6.45) is 3.08. The summed E-state index contributed by atoms with van der Waals surface area (Å²) >= 11 is 0. The average molecular weight is 382 g/mol. The molecule has 5 nitrogen and oxygen atoms in total. The van der Waals surface area contributed by atoms with E-state index >= 15 is 0 Å². The van der Waals surface area contributed by atoms with Crippen LogP contribution in [0.5, 0.6) is 0 Å². The Balaban J connectivity index is 1.41. The fourth-order valence-corrected chi connectivity index (χ4v) is 4.25. The summed E-state index contributed by atoms with van der Waals surface area (Å²) in [5.41, 5.74) is 3.62. The highest BCUT2D eigenvalue weighted by Crippen LogP contribution is 2.24. The molecule has 2 aliphatic rings. The largest absolute Gasteiger partial charge is 0.437 e. The fraction of sp³-hybridized carbons (Fsp3) is 0.565. The molecule has 1 aromatic heterocycles. The Kier molecular flexibility index (Phi) is 5.54. The number of carbonyl (C=O) groups excluding carboxylic acids is 1. The van der Waals surface area contributed by atoms with Crippen molar-refractivity contribution >= 4 is 5.91 Å². The third-order valence-electron chi connectivity index (χ3n) is 5.99. The van der Waals surface area contributed by atoms with Crippen LogP contribution in [0.25, 0.3) is 0 Å². The van der Waals surface area contributed by atoms with E-state index in [9.17, 15) is 4.79 Å².